The monoisotopic (exact) mass is 260 g/mol. The standard InChI is InChI=1S/C16H24N2O/c1-10-7-13(19-2)5-6-14(10)16(18-17)15-9-11-3-4-12(15)8-11/h5-7,11-12,15-16,18H,3-4,8-9,17H2,1-2H3. The second kappa shape index (κ2) is 5.14. The fourth-order valence-corrected chi connectivity index (χ4v) is 4.27. The van der Waals surface area contributed by atoms with Gasteiger partial charge in [0.2, 0.25) is 0 Å². The highest BCUT2D eigenvalue weighted by Gasteiger charge is 2.43. The van der Waals surface area contributed by atoms with E-state index in [0.29, 0.717) is 12.0 Å². The van der Waals surface area contributed by atoms with E-state index in [1.54, 1.807) is 7.11 Å². The van der Waals surface area contributed by atoms with E-state index in [1.165, 1.54) is 36.8 Å². The Morgan fingerprint density at radius 1 is 1.32 bits per heavy atom. The molecule has 0 spiro atoms. The number of benzene rings is 1. The van der Waals surface area contributed by atoms with Crippen molar-refractivity contribution in [3.63, 3.8) is 0 Å². The maximum Gasteiger partial charge on any atom is 0.119 e. The normalized spacial score (nSPS) is 30.6. The second-order valence-electron chi connectivity index (χ2n) is 6.21. The van der Waals surface area contributed by atoms with E-state index >= 15 is 0 Å². The molecular formula is C16H24N2O. The summed E-state index contributed by atoms with van der Waals surface area (Å²) >= 11 is 0. The number of rotatable bonds is 4. The first-order chi connectivity index (χ1) is 9.22. The molecule has 0 heterocycles. The summed E-state index contributed by atoms with van der Waals surface area (Å²) in [5.74, 6) is 9.32. The number of fused-ring (bicyclic) bond motifs is 2. The SMILES string of the molecule is COc1ccc(C(NN)C2CC3CCC2C3)c(C)c1. The lowest BCUT2D eigenvalue weighted by atomic mass is 9.80. The third-order valence-corrected chi connectivity index (χ3v) is 5.21. The molecule has 4 unspecified atom stereocenters. The lowest BCUT2D eigenvalue weighted by Gasteiger charge is -2.31. The average Bonchev–Trinajstić information content (AvgIpc) is 3.04. The molecule has 0 aliphatic heterocycles. The minimum atomic E-state index is 0.293. The first-order valence-electron chi connectivity index (χ1n) is 7.33. The summed E-state index contributed by atoms with van der Waals surface area (Å²) in [6.45, 7) is 2.15. The summed E-state index contributed by atoms with van der Waals surface area (Å²) in [6.07, 6.45) is 5.58. The Balaban J connectivity index is 1.86. The summed E-state index contributed by atoms with van der Waals surface area (Å²) < 4.78 is 5.29. The van der Waals surface area contributed by atoms with Gasteiger partial charge in [-0.3, -0.25) is 11.3 Å². The molecule has 0 amide bonds. The predicted octanol–water partition coefficient (Wildman–Crippen LogP) is 2.94. The van der Waals surface area contributed by atoms with E-state index in [0.717, 1.165) is 17.6 Å². The fraction of sp³-hybridized carbons (Fsp3) is 0.625. The van der Waals surface area contributed by atoms with Gasteiger partial charge in [0, 0.05) is 6.04 Å². The number of hydrogen-bond donors (Lipinski definition) is 2. The number of hydrazine groups is 1. The second-order valence-corrected chi connectivity index (χ2v) is 6.21. The van der Waals surface area contributed by atoms with Gasteiger partial charge in [-0.2, -0.15) is 0 Å². The van der Waals surface area contributed by atoms with Crippen LogP contribution in [0.5, 0.6) is 5.75 Å². The Morgan fingerprint density at radius 2 is 2.16 bits per heavy atom. The molecule has 3 rings (SSSR count). The molecule has 3 N–H and O–H groups in total. The molecule has 19 heavy (non-hydrogen) atoms. The molecule has 104 valence electrons. The van der Waals surface area contributed by atoms with Crippen molar-refractivity contribution in [2.24, 2.45) is 23.6 Å². The van der Waals surface area contributed by atoms with E-state index in [2.05, 4.69) is 24.5 Å². The topological polar surface area (TPSA) is 47.3 Å². The predicted molar refractivity (Wildman–Crippen MR) is 76.7 cm³/mol. The van der Waals surface area contributed by atoms with Crippen molar-refractivity contribution in [3.8, 4) is 5.75 Å². The minimum Gasteiger partial charge on any atom is -0.497 e. The van der Waals surface area contributed by atoms with Crippen molar-refractivity contribution in [3.05, 3.63) is 29.3 Å². The Hall–Kier alpha value is -1.06. The number of aryl methyl sites for hydroxylation is 1. The summed E-state index contributed by atoms with van der Waals surface area (Å²) in [5, 5.41) is 0. The zero-order valence-corrected chi connectivity index (χ0v) is 11.9. The van der Waals surface area contributed by atoms with Crippen molar-refractivity contribution in [2.75, 3.05) is 7.11 Å². The minimum absolute atomic E-state index is 0.293. The van der Waals surface area contributed by atoms with Gasteiger partial charge in [-0.25, -0.2) is 0 Å². The molecule has 3 nitrogen and oxygen atoms in total. The molecule has 0 aromatic heterocycles. The van der Waals surface area contributed by atoms with Crippen LogP contribution in [-0.2, 0) is 0 Å². The van der Waals surface area contributed by atoms with Crippen LogP contribution < -0.4 is 16.0 Å². The molecule has 1 aromatic rings. The number of nitrogens with two attached hydrogens (primary N) is 1. The fourth-order valence-electron chi connectivity index (χ4n) is 4.27. The largest absolute Gasteiger partial charge is 0.497 e. The van der Waals surface area contributed by atoms with Crippen LogP contribution in [0.25, 0.3) is 0 Å². The van der Waals surface area contributed by atoms with Crippen LogP contribution in [0.15, 0.2) is 18.2 Å². The van der Waals surface area contributed by atoms with Crippen molar-refractivity contribution < 1.29 is 4.74 Å². The van der Waals surface area contributed by atoms with E-state index in [9.17, 15) is 0 Å². The van der Waals surface area contributed by atoms with Gasteiger partial charge in [-0.15, -0.1) is 0 Å². The summed E-state index contributed by atoms with van der Waals surface area (Å²) in [6, 6.07) is 6.61. The van der Waals surface area contributed by atoms with Crippen molar-refractivity contribution in [2.45, 2.75) is 38.6 Å². The van der Waals surface area contributed by atoms with E-state index in [1.807, 2.05) is 6.07 Å². The van der Waals surface area contributed by atoms with Crippen molar-refractivity contribution >= 4 is 0 Å². The van der Waals surface area contributed by atoms with Crippen molar-refractivity contribution in [1.82, 2.24) is 5.43 Å². The molecule has 2 bridgehead atoms. The average molecular weight is 260 g/mol. The van der Waals surface area contributed by atoms with Gasteiger partial charge < -0.3 is 4.74 Å². The van der Waals surface area contributed by atoms with Gasteiger partial charge >= 0.3 is 0 Å². The molecule has 0 saturated heterocycles. The first-order valence-corrected chi connectivity index (χ1v) is 7.33. The molecule has 2 saturated carbocycles. The maximum atomic E-state index is 5.87. The zero-order valence-electron chi connectivity index (χ0n) is 11.9. The van der Waals surface area contributed by atoms with Crippen molar-refractivity contribution in [1.29, 1.82) is 0 Å². The number of methoxy groups -OCH3 is 1. The molecule has 1 aromatic carbocycles. The van der Waals surface area contributed by atoms with Crippen LogP contribution >= 0.6 is 0 Å². The van der Waals surface area contributed by atoms with E-state index in [4.69, 9.17) is 10.6 Å². The van der Waals surface area contributed by atoms with E-state index < -0.39 is 0 Å². The summed E-state index contributed by atoms with van der Waals surface area (Å²) in [7, 11) is 1.71. The molecular weight excluding hydrogens is 236 g/mol. The van der Waals surface area contributed by atoms with Crippen LogP contribution in [0, 0.1) is 24.7 Å². The van der Waals surface area contributed by atoms with Gasteiger partial charge in [0.15, 0.2) is 0 Å². The lowest BCUT2D eigenvalue weighted by Crippen LogP contribution is -2.36. The number of nitrogens with one attached hydrogen (secondary N) is 1. The Kier molecular flexibility index (Phi) is 3.50. The van der Waals surface area contributed by atoms with Crippen LogP contribution in [0.2, 0.25) is 0 Å². The quantitative estimate of drug-likeness (QED) is 0.646. The lowest BCUT2D eigenvalue weighted by molar-refractivity contribution is 0.251. The molecule has 2 aliphatic rings. The van der Waals surface area contributed by atoms with Crippen LogP contribution in [-0.4, -0.2) is 7.11 Å². The Bertz CT molecular complexity index is 460. The molecule has 2 fully saturated rings. The molecule has 2 aliphatic carbocycles. The Labute approximate surface area is 115 Å². The van der Waals surface area contributed by atoms with Gasteiger partial charge in [0.05, 0.1) is 7.11 Å². The molecule has 0 radical (unpaired) electrons. The van der Waals surface area contributed by atoms with Crippen LogP contribution in [0.1, 0.15) is 42.9 Å². The van der Waals surface area contributed by atoms with Gasteiger partial charge in [-0.1, -0.05) is 12.5 Å². The van der Waals surface area contributed by atoms with Crippen LogP contribution in [0.4, 0.5) is 0 Å². The number of hydrogen-bond acceptors (Lipinski definition) is 3. The highest BCUT2D eigenvalue weighted by Crippen LogP contribution is 2.52. The van der Waals surface area contributed by atoms with Crippen LogP contribution in [0.3, 0.4) is 0 Å². The number of ether oxygens (including phenoxy) is 1. The molecule has 4 atom stereocenters. The maximum absolute atomic E-state index is 5.87. The Morgan fingerprint density at radius 3 is 2.68 bits per heavy atom. The van der Waals surface area contributed by atoms with E-state index in [-0.39, 0.29) is 0 Å². The summed E-state index contributed by atoms with van der Waals surface area (Å²) in [4.78, 5) is 0. The zero-order chi connectivity index (χ0) is 13.4. The highest BCUT2D eigenvalue weighted by atomic mass is 16.5. The summed E-state index contributed by atoms with van der Waals surface area (Å²) in [5.41, 5.74) is 5.69. The molecule has 3 heteroatoms. The first kappa shape index (κ1) is 12.9. The smallest absolute Gasteiger partial charge is 0.119 e. The van der Waals surface area contributed by atoms with Gasteiger partial charge in [0.1, 0.15) is 5.75 Å². The highest BCUT2D eigenvalue weighted by molar-refractivity contribution is 5.37. The third kappa shape index (κ3) is 2.26. The third-order valence-electron chi connectivity index (χ3n) is 5.21. The van der Waals surface area contributed by atoms with Gasteiger partial charge in [0.25, 0.3) is 0 Å². The van der Waals surface area contributed by atoms with Gasteiger partial charge in [-0.05, 0) is 67.2 Å².